The molecule has 126 valence electrons. The molecule has 6 heteroatoms. The van der Waals surface area contributed by atoms with Crippen molar-refractivity contribution in [2.45, 2.75) is 31.7 Å². The lowest BCUT2D eigenvalue weighted by molar-refractivity contribution is 0.388. The number of hydrogen-bond donors (Lipinski definition) is 1. The predicted octanol–water partition coefficient (Wildman–Crippen LogP) is 3.36. The first-order valence-electron chi connectivity index (χ1n) is 8.10. The first-order chi connectivity index (χ1) is 12.0. The van der Waals surface area contributed by atoms with Crippen molar-refractivity contribution in [1.29, 1.82) is 5.26 Å². The van der Waals surface area contributed by atoms with Crippen molar-refractivity contribution in [3.8, 4) is 11.8 Å². The minimum atomic E-state index is -0.578. The summed E-state index contributed by atoms with van der Waals surface area (Å²) in [6.07, 6.45) is 1.98. The van der Waals surface area contributed by atoms with Crippen LogP contribution in [0.4, 0.5) is 0 Å². The molecule has 1 fully saturated rings. The SMILES string of the molecule is Cc1cc2c(c(=O)n1C1CC1)[C@@H](c1cccc(Cl)c1)C(C#N)=C(N)O2. The Morgan fingerprint density at radius 3 is 2.76 bits per heavy atom. The van der Waals surface area contributed by atoms with E-state index in [1.807, 2.05) is 19.1 Å². The second-order valence-electron chi connectivity index (χ2n) is 6.45. The highest BCUT2D eigenvalue weighted by molar-refractivity contribution is 6.30. The molecule has 0 amide bonds. The fraction of sp³-hybridized carbons (Fsp3) is 0.263. The molecule has 2 N–H and O–H groups in total. The minimum absolute atomic E-state index is 0.0305. The van der Waals surface area contributed by atoms with E-state index in [1.165, 1.54) is 0 Å². The van der Waals surface area contributed by atoms with E-state index in [4.69, 9.17) is 22.1 Å². The zero-order chi connectivity index (χ0) is 17.7. The minimum Gasteiger partial charge on any atom is -0.440 e. The second kappa shape index (κ2) is 5.68. The van der Waals surface area contributed by atoms with Gasteiger partial charge in [0.25, 0.3) is 5.56 Å². The van der Waals surface area contributed by atoms with Crippen LogP contribution in [-0.2, 0) is 0 Å². The highest BCUT2D eigenvalue weighted by Crippen LogP contribution is 2.42. The summed E-state index contributed by atoms with van der Waals surface area (Å²) >= 11 is 6.13. The number of nitrogens with zero attached hydrogens (tertiary/aromatic N) is 2. The number of benzene rings is 1. The molecular weight excluding hydrogens is 338 g/mol. The molecule has 2 aromatic rings. The molecule has 0 spiro atoms. The van der Waals surface area contributed by atoms with Crippen LogP contribution in [-0.4, -0.2) is 4.57 Å². The van der Waals surface area contributed by atoms with Crippen molar-refractivity contribution in [3.05, 3.63) is 74.0 Å². The van der Waals surface area contributed by atoms with Crippen LogP contribution in [0.1, 0.15) is 41.6 Å². The van der Waals surface area contributed by atoms with Crippen LogP contribution in [0.15, 0.2) is 46.6 Å². The predicted molar refractivity (Wildman–Crippen MR) is 94.5 cm³/mol. The van der Waals surface area contributed by atoms with Crippen molar-refractivity contribution >= 4 is 11.6 Å². The Bertz CT molecular complexity index is 1010. The van der Waals surface area contributed by atoms with Gasteiger partial charge in [-0.25, -0.2) is 0 Å². The molecule has 2 aliphatic rings. The fourth-order valence-corrected chi connectivity index (χ4v) is 3.67. The van der Waals surface area contributed by atoms with Gasteiger partial charge in [-0.15, -0.1) is 0 Å². The first-order valence-corrected chi connectivity index (χ1v) is 8.48. The smallest absolute Gasteiger partial charge is 0.258 e. The van der Waals surface area contributed by atoms with Gasteiger partial charge in [0.15, 0.2) is 0 Å². The summed E-state index contributed by atoms with van der Waals surface area (Å²) < 4.78 is 7.42. The van der Waals surface area contributed by atoms with Gasteiger partial charge in [-0.1, -0.05) is 23.7 Å². The van der Waals surface area contributed by atoms with Gasteiger partial charge < -0.3 is 15.0 Å². The van der Waals surface area contributed by atoms with Crippen LogP contribution in [0.5, 0.6) is 5.75 Å². The van der Waals surface area contributed by atoms with Crippen molar-refractivity contribution in [2.75, 3.05) is 0 Å². The summed E-state index contributed by atoms with van der Waals surface area (Å²) in [5.74, 6) is -0.130. The number of pyridine rings is 1. The molecule has 1 atom stereocenters. The maximum Gasteiger partial charge on any atom is 0.258 e. The van der Waals surface area contributed by atoms with Crippen molar-refractivity contribution in [1.82, 2.24) is 4.57 Å². The third-order valence-electron chi connectivity index (χ3n) is 4.71. The maximum absolute atomic E-state index is 13.2. The van der Waals surface area contributed by atoms with E-state index in [2.05, 4.69) is 6.07 Å². The average Bonchev–Trinajstić information content (AvgIpc) is 3.38. The molecule has 0 radical (unpaired) electrons. The molecule has 4 rings (SSSR count). The molecule has 2 heterocycles. The Morgan fingerprint density at radius 1 is 1.36 bits per heavy atom. The van der Waals surface area contributed by atoms with Gasteiger partial charge in [0.2, 0.25) is 5.88 Å². The lowest BCUT2D eigenvalue weighted by atomic mass is 9.84. The monoisotopic (exact) mass is 353 g/mol. The molecule has 5 nitrogen and oxygen atoms in total. The highest BCUT2D eigenvalue weighted by Gasteiger charge is 2.36. The Kier molecular flexibility index (Phi) is 3.59. The Morgan fingerprint density at radius 2 is 2.12 bits per heavy atom. The molecule has 1 aliphatic carbocycles. The first kappa shape index (κ1) is 15.8. The number of ether oxygens (including phenoxy) is 1. The molecule has 1 aromatic heterocycles. The molecule has 0 unspecified atom stereocenters. The van der Waals surface area contributed by atoms with E-state index in [9.17, 15) is 10.1 Å². The number of nitrogens with two attached hydrogens (primary N) is 1. The number of allylic oxidation sites excluding steroid dienone is 1. The molecular formula is C19H16ClN3O2. The number of aromatic nitrogens is 1. The van der Waals surface area contributed by atoms with E-state index >= 15 is 0 Å². The lowest BCUT2D eigenvalue weighted by Gasteiger charge is -2.27. The summed E-state index contributed by atoms with van der Waals surface area (Å²) in [5.41, 5.74) is 8.12. The van der Waals surface area contributed by atoms with E-state index in [0.29, 0.717) is 16.3 Å². The number of aryl methyl sites for hydroxylation is 1. The van der Waals surface area contributed by atoms with E-state index in [1.54, 1.807) is 22.8 Å². The van der Waals surface area contributed by atoms with Crippen LogP contribution in [0.2, 0.25) is 5.02 Å². The molecule has 0 bridgehead atoms. The molecule has 1 aliphatic heterocycles. The number of halogens is 1. The van der Waals surface area contributed by atoms with Crippen LogP contribution in [0, 0.1) is 18.3 Å². The van der Waals surface area contributed by atoms with Crippen LogP contribution < -0.4 is 16.0 Å². The topological polar surface area (TPSA) is 81.0 Å². The normalized spacial score (nSPS) is 19.2. The summed E-state index contributed by atoms with van der Waals surface area (Å²) in [5, 5.41) is 10.2. The molecule has 25 heavy (non-hydrogen) atoms. The van der Waals surface area contributed by atoms with Gasteiger partial charge in [-0.3, -0.25) is 4.79 Å². The van der Waals surface area contributed by atoms with Gasteiger partial charge in [0.05, 0.1) is 11.5 Å². The van der Waals surface area contributed by atoms with E-state index in [0.717, 1.165) is 24.1 Å². The van der Waals surface area contributed by atoms with Crippen LogP contribution in [0.25, 0.3) is 0 Å². The maximum atomic E-state index is 13.2. The standard InChI is InChI=1S/C19H16ClN3O2/c1-10-7-15-17(19(24)23(10)13-5-6-13)16(14(9-21)18(22)25-15)11-3-2-4-12(20)8-11/h2-4,7-8,13,16H,5-6,22H2,1H3/t16-/m0/s1. The van der Waals surface area contributed by atoms with E-state index in [-0.39, 0.29) is 23.1 Å². The second-order valence-corrected chi connectivity index (χ2v) is 6.89. The Labute approximate surface area is 149 Å². The van der Waals surface area contributed by atoms with Crippen molar-refractivity contribution in [3.63, 3.8) is 0 Å². The zero-order valence-electron chi connectivity index (χ0n) is 13.6. The number of rotatable bonds is 2. The van der Waals surface area contributed by atoms with E-state index < -0.39 is 5.92 Å². The quantitative estimate of drug-likeness (QED) is 0.897. The molecule has 1 aromatic carbocycles. The third-order valence-corrected chi connectivity index (χ3v) is 4.95. The Balaban J connectivity index is 2.02. The van der Waals surface area contributed by atoms with Gasteiger partial charge in [-0.05, 0) is 37.5 Å². The third kappa shape index (κ3) is 2.50. The van der Waals surface area contributed by atoms with Crippen molar-refractivity contribution in [2.24, 2.45) is 5.73 Å². The van der Waals surface area contributed by atoms with Gasteiger partial charge >= 0.3 is 0 Å². The molecule has 1 saturated carbocycles. The van der Waals surface area contributed by atoms with Crippen LogP contribution in [0.3, 0.4) is 0 Å². The number of fused-ring (bicyclic) bond motifs is 1. The average molecular weight is 354 g/mol. The molecule has 0 saturated heterocycles. The summed E-state index contributed by atoms with van der Waals surface area (Å²) in [6, 6.07) is 11.3. The van der Waals surface area contributed by atoms with Gasteiger partial charge in [-0.2, -0.15) is 5.26 Å². The zero-order valence-corrected chi connectivity index (χ0v) is 14.4. The summed E-state index contributed by atoms with van der Waals surface area (Å²) in [4.78, 5) is 13.2. The van der Waals surface area contributed by atoms with Gasteiger partial charge in [0.1, 0.15) is 17.4 Å². The number of nitriles is 1. The summed E-state index contributed by atoms with van der Waals surface area (Å²) in [6.45, 7) is 1.89. The largest absolute Gasteiger partial charge is 0.440 e. The highest BCUT2D eigenvalue weighted by atomic mass is 35.5. The van der Waals surface area contributed by atoms with Crippen LogP contribution >= 0.6 is 11.6 Å². The summed E-state index contributed by atoms with van der Waals surface area (Å²) in [7, 11) is 0. The van der Waals surface area contributed by atoms with Gasteiger partial charge in [0, 0.05) is 22.8 Å². The van der Waals surface area contributed by atoms with Crippen molar-refractivity contribution < 1.29 is 4.74 Å². The Hall–Kier alpha value is -2.71. The lowest BCUT2D eigenvalue weighted by Crippen LogP contribution is -2.32. The number of hydrogen-bond acceptors (Lipinski definition) is 4. The fourth-order valence-electron chi connectivity index (χ4n) is 3.47.